The third kappa shape index (κ3) is 3.76. The second-order valence-electron chi connectivity index (χ2n) is 5.45. The van der Waals surface area contributed by atoms with E-state index in [4.69, 9.17) is 10.5 Å². The molecule has 1 fully saturated rings. The zero-order valence-electron chi connectivity index (χ0n) is 12.2. The highest BCUT2D eigenvalue weighted by atomic mass is 16.5. The van der Waals surface area contributed by atoms with E-state index in [2.05, 4.69) is 10.00 Å². The molecule has 1 aromatic heterocycles. The summed E-state index contributed by atoms with van der Waals surface area (Å²) in [5.74, 6) is 1.55. The topological polar surface area (TPSA) is 56.3 Å². The van der Waals surface area contributed by atoms with Crippen molar-refractivity contribution in [3.8, 4) is 5.75 Å². The molecule has 2 N–H and O–H groups in total. The number of anilines is 1. The van der Waals surface area contributed by atoms with Gasteiger partial charge in [0, 0.05) is 25.8 Å². The normalized spacial score (nSPS) is 17.0. The van der Waals surface area contributed by atoms with Gasteiger partial charge < -0.3 is 10.5 Å². The lowest BCUT2D eigenvalue weighted by molar-refractivity contribution is 0.153. The number of aromatic nitrogens is 2. The van der Waals surface area contributed by atoms with Crippen LogP contribution < -0.4 is 10.5 Å². The Morgan fingerprint density at radius 3 is 2.57 bits per heavy atom. The fourth-order valence-electron chi connectivity index (χ4n) is 2.77. The summed E-state index contributed by atoms with van der Waals surface area (Å²) >= 11 is 0. The van der Waals surface area contributed by atoms with Crippen molar-refractivity contribution < 1.29 is 4.74 Å². The van der Waals surface area contributed by atoms with E-state index in [1.165, 1.54) is 0 Å². The average Bonchev–Trinajstić information content (AvgIpc) is 2.96. The third-order valence-corrected chi connectivity index (χ3v) is 3.98. The molecule has 0 amide bonds. The molecule has 0 atom stereocenters. The fraction of sp³-hybridized carbons (Fsp3) is 0.438. The van der Waals surface area contributed by atoms with Crippen LogP contribution in [0.5, 0.6) is 5.75 Å². The molecule has 21 heavy (non-hydrogen) atoms. The van der Waals surface area contributed by atoms with Crippen molar-refractivity contribution in [1.82, 2.24) is 14.7 Å². The molecule has 0 radical (unpaired) electrons. The first-order valence-corrected chi connectivity index (χ1v) is 7.52. The fourth-order valence-corrected chi connectivity index (χ4v) is 2.77. The van der Waals surface area contributed by atoms with Crippen LogP contribution in [-0.4, -0.2) is 40.9 Å². The maximum Gasteiger partial charge on any atom is 0.145 e. The molecule has 5 nitrogen and oxygen atoms in total. The molecule has 0 saturated carbocycles. The first kappa shape index (κ1) is 13.9. The van der Waals surface area contributed by atoms with Gasteiger partial charge in [-0.3, -0.25) is 9.58 Å². The minimum atomic E-state index is 0.480. The van der Waals surface area contributed by atoms with Crippen LogP contribution in [0.4, 0.5) is 5.82 Å². The number of benzene rings is 1. The van der Waals surface area contributed by atoms with E-state index >= 15 is 0 Å². The van der Waals surface area contributed by atoms with Crippen LogP contribution in [0.25, 0.3) is 0 Å². The average molecular weight is 286 g/mol. The number of hydrogen-bond acceptors (Lipinski definition) is 4. The number of hydrogen-bond donors (Lipinski definition) is 1. The molecule has 112 valence electrons. The highest BCUT2D eigenvalue weighted by Crippen LogP contribution is 2.22. The predicted octanol–water partition coefficient (Wildman–Crippen LogP) is 2.18. The number of nitrogen functional groups attached to an aromatic ring is 1. The summed E-state index contributed by atoms with van der Waals surface area (Å²) in [6.07, 6.45) is 4.22. The zero-order valence-corrected chi connectivity index (χ0v) is 12.2. The number of nitrogens with two attached hydrogens (primary N) is 1. The molecule has 5 heteroatoms. The van der Waals surface area contributed by atoms with Crippen LogP contribution in [0.2, 0.25) is 0 Å². The summed E-state index contributed by atoms with van der Waals surface area (Å²) in [6, 6.07) is 12.3. The standard InChI is InChI=1S/C16H22N4O/c17-16-8-11-20(18-16)14-6-9-19(10-7-14)12-13-21-15-4-2-1-3-5-15/h1-5,8,11,14H,6-7,9-10,12-13H2,(H2,17,18). The third-order valence-electron chi connectivity index (χ3n) is 3.98. The molecule has 1 aliphatic heterocycles. The van der Waals surface area contributed by atoms with Crippen molar-refractivity contribution in [2.24, 2.45) is 0 Å². The highest BCUT2D eigenvalue weighted by Gasteiger charge is 2.20. The van der Waals surface area contributed by atoms with Gasteiger partial charge in [0.1, 0.15) is 18.2 Å². The van der Waals surface area contributed by atoms with Crippen LogP contribution in [-0.2, 0) is 0 Å². The van der Waals surface area contributed by atoms with Crippen molar-refractivity contribution in [1.29, 1.82) is 0 Å². The van der Waals surface area contributed by atoms with Crippen molar-refractivity contribution in [3.05, 3.63) is 42.6 Å². The Morgan fingerprint density at radius 1 is 1.14 bits per heavy atom. The Kier molecular flexibility index (Phi) is 4.40. The molecular formula is C16H22N4O. The SMILES string of the molecule is Nc1ccn(C2CCN(CCOc3ccccc3)CC2)n1. The molecule has 1 saturated heterocycles. The maximum absolute atomic E-state index is 5.75. The quantitative estimate of drug-likeness (QED) is 0.915. The molecule has 2 heterocycles. The van der Waals surface area contributed by atoms with E-state index in [0.29, 0.717) is 11.9 Å². The lowest BCUT2D eigenvalue weighted by Crippen LogP contribution is -2.37. The molecule has 0 bridgehead atoms. The second-order valence-corrected chi connectivity index (χ2v) is 5.45. The number of rotatable bonds is 5. The number of piperidine rings is 1. The van der Waals surface area contributed by atoms with Gasteiger partial charge in [-0.25, -0.2) is 0 Å². The van der Waals surface area contributed by atoms with Gasteiger partial charge in [0.05, 0.1) is 6.04 Å². The van der Waals surface area contributed by atoms with Gasteiger partial charge in [-0.15, -0.1) is 0 Å². The number of nitrogens with zero attached hydrogens (tertiary/aromatic N) is 3. The molecule has 1 aliphatic rings. The number of likely N-dealkylation sites (tertiary alicyclic amines) is 1. The Hall–Kier alpha value is -2.01. The monoisotopic (exact) mass is 286 g/mol. The molecule has 0 spiro atoms. The van der Waals surface area contributed by atoms with E-state index in [1.807, 2.05) is 47.3 Å². The number of para-hydroxylation sites is 1. The molecule has 0 unspecified atom stereocenters. The van der Waals surface area contributed by atoms with Crippen molar-refractivity contribution in [3.63, 3.8) is 0 Å². The lowest BCUT2D eigenvalue weighted by Gasteiger charge is -2.31. The van der Waals surface area contributed by atoms with Gasteiger partial charge in [-0.1, -0.05) is 18.2 Å². The summed E-state index contributed by atoms with van der Waals surface area (Å²) in [5, 5.41) is 4.31. The molecule has 2 aromatic rings. The van der Waals surface area contributed by atoms with E-state index in [1.54, 1.807) is 0 Å². The maximum atomic E-state index is 5.75. The first-order valence-electron chi connectivity index (χ1n) is 7.52. The van der Waals surface area contributed by atoms with Gasteiger partial charge >= 0.3 is 0 Å². The van der Waals surface area contributed by atoms with Gasteiger partial charge in [-0.05, 0) is 31.0 Å². The van der Waals surface area contributed by atoms with Crippen LogP contribution >= 0.6 is 0 Å². The van der Waals surface area contributed by atoms with E-state index < -0.39 is 0 Å². The molecule has 1 aromatic carbocycles. The van der Waals surface area contributed by atoms with E-state index in [0.717, 1.165) is 44.8 Å². The summed E-state index contributed by atoms with van der Waals surface area (Å²) in [4.78, 5) is 2.45. The van der Waals surface area contributed by atoms with Gasteiger partial charge in [0.15, 0.2) is 0 Å². The van der Waals surface area contributed by atoms with Crippen LogP contribution in [0.3, 0.4) is 0 Å². The van der Waals surface area contributed by atoms with E-state index in [-0.39, 0.29) is 0 Å². The Balaban J connectivity index is 1.40. The van der Waals surface area contributed by atoms with Crippen LogP contribution in [0.15, 0.2) is 42.6 Å². The minimum Gasteiger partial charge on any atom is -0.492 e. The van der Waals surface area contributed by atoms with Crippen LogP contribution in [0, 0.1) is 0 Å². The summed E-state index contributed by atoms with van der Waals surface area (Å²) < 4.78 is 7.75. The largest absolute Gasteiger partial charge is 0.492 e. The number of ether oxygens (including phenoxy) is 1. The van der Waals surface area contributed by atoms with Crippen molar-refractivity contribution >= 4 is 5.82 Å². The molecule has 0 aliphatic carbocycles. The van der Waals surface area contributed by atoms with Crippen molar-refractivity contribution in [2.75, 3.05) is 32.0 Å². The first-order chi connectivity index (χ1) is 10.3. The Morgan fingerprint density at radius 2 is 1.90 bits per heavy atom. The van der Waals surface area contributed by atoms with Crippen molar-refractivity contribution in [2.45, 2.75) is 18.9 Å². The zero-order chi connectivity index (χ0) is 14.5. The molecule has 3 rings (SSSR count). The minimum absolute atomic E-state index is 0.480. The Labute approximate surface area is 125 Å². The lowest BCUT2D eigenvalue weighted by atomic mass is 10.1. The van der Waals surface area contributed by atoms with Gasteiger partial charge in [0.25, 0.3) is 0 Å². The second kappa shape index (κ2) is 6.63. The predicted molar refractivity (Wildman–Crippen MR) is 83.3 cm³/mol. The Bertz CT molecular complexity index is 546. The van der Waals surface area contributed by atoms with Gasteiger partial charge in [0.2, 0.25) is 0 Å². The smallest absolute Gasteiger partial charge is 0.145 e. The highest BCUT2D eigenvalue weighted by molar-refractivity contribution is 5.24. The van der Waals surface area contributed by atoms with E-state index in [9.17, 15) is 0 Å². The summed E-state index contributed by atoms with van der Waals surface area (Å²) in [6.45, 7) is 3.89. The summed E-state index contributed by atoms with van der Waals surface area (Å²) in [5.41, 5.74) is 5.67. The van der Waals surface area contributed by atoms with Crippen LogP contribution in [0.1, 0.15) is 18.9 Å². The summed E-state index contributed by atoms with van der Waals surface area (Å²) in [7, 11) is 0. The molecular weight excluding hydrogens is 264 g/mol. The van der Waals surface area contributed by atoms with Gasteiger partial charge in [-0.2, -0.15) is 5.10 Å².